The standard InChI is InChI=1S/C12H14O2/c1-9-7-11(5-4-6-13)12(14-3)8-10(9)2/h4-8H,1-3H3/b5-4+. The highest BCUT2D eigenvalue weighted by molar-refractivity contribution is 5.75. The van der Waals surface area contributed by atoms with Gasteiger partial charge in [-0.15, -0.1) is 0 Å². The second-order valence-corrected chi connectivity index (χ2v) is 3.17. The van der Waals surface area contributed by atoms with Gasteiger partial charge in [0, 0.05) is 5.56 Å². The number of aldehydes is 1. The first-order valence-corrected chi connectivity index (χ1v) is 4.46. The Balaban J connectivity index is 3.19. The summed E-state index contributed by atoms with van der Waals surface area (Å²) in [5.74, 6) is 0.797. The van der Waals surface area contributed by atoms with E-state index in [0.29, 0.717) is 0 Å². The molecule has 0 aliphatic heterocycles. The van der Waals surface area contributed by atoms with Crippen molar-refractivity contribution >= 4 is 12.4 Å². The predicted octanol–water partition coefficient (Wildman–Crippen LogP) is 2.52. The first-order chi connectivity index (χ1) is 6.69. The highest BCUT2D eigenvalue weighted by Gasteiger charge is 2.02. The lowest BCUT2D eigenvalue weighted by Crippen LogP contribution is -1.90. The molecule has 0 amide bonds. The van der Waals surface area contributed by atoms with Crippen LogP contribution in [0.1, 0.15) is 16.7 Å². The zero-order chi connectivity index (χ0) is 10.6. The summed E-state index contributed by atoms with van der Waals surface area (Å²) in [6.45, 7) is 4.07. The maximum Gasteiger partial charge on any atom is 0.142 e. The van der Waals surface area contributed by atoms with E-state index in [9.17, 15) is 4.79 Å². The second-order valence-electron chi connectivity index (χ2n) is 3.17. The molecule has 0 aliphatic rings. The number of rotatable bonds is 3. The largest absolute Gasteiger partial charge is 0.496 e. The number of hydrogen-bond acceptors (Lipinski definition) is 2. The highest BCUT2D eigenvalue weighted by Crippen LogP contribution is 2.23. The molecule has 0 unspecified atom stereocenters. The summed E-state index contributed by atoms with van der Waals surface area (Å²) in [5, 5.41) is 0. The first-order valence-electron chi connectivity index (χ1n) is 4.46. The number of allylic oxidation sites excluding steroid dienone is 1. The molecule has 2 nitrogen and oxygen atoms in total. The normalized spacial score (nSPS) is 10.5. The molecule has 0 aliphatic carbocycles. The Kier molecular flexibility index (Phi) is 3.46. The quantitative estimate of drug-likeness (QED) is 0.540. The van der Waals surface area contributed by atoms with Crippen molar-refractivity contribution in [2.45, 2.75) is 13.8 Å². The number of methoxy groups -OCH3 is 1. The fourth-order valence-corrected chi connectivity index (χ4v) is 1.26. The highest BCUT2D eigenvalue weighted by atomic mass is 16.5. The Morgan fingerprint density at radius 1 is 1.21 bits per heavy atom. The number of ether oxygens (including phenoxy) is 1. The second kappa shape index (κ2) is 4.61. The summed E-state index contributed by atoms with van der Waals surface area (Å²) in [5.41, 5.74) is 3.31. The lowest BCUT2D eigenvalue weighted by Gasteiger charge is -2.08. The fourth-order valence-electron chi connectivity index (χ4n) is 1.26. The molecule has 1 aromatic rings. The Labute approximate surface area is 84.2 Å². The van der Waals surface area contributed by atoms with Gasteiger partial charge < -0.3 is 4.74 Å². The summed E-state index contributed by atoms with van der Waals surface area (Å²) >= 11 is 0. The van der Waals surface area contributed by atoms with Crippen LogP contribution < -0.4 is 4.74 Å². The van der Waals surface area contributed by atoms with Crippen LogP contribution in [-0.4, -0.2) is 13.4 Å². The predicted molar refractivity (Wildman–Crippen MR) is 57.6 cm³/mol. The Morgan fingerprint density at radius 2 is 1.86 bits per heavy atom. The van der Waals surface area contributed by atoms with Gasteiger partial charge in [-0.1, -0.05) is 0 Å². The summed E-state index contributed by atoms with van der Waals surface area (Å²) in [6, 6.07) is 3.98. The molecule has 0 saturated heterocycles. The minimum Gasteiger partial charge on any atom is -0.496 e. The van der Waals surface area contributed by atoms with Crippen molar-refractivity contribution in [1.82, 2.24) is 0 Å². The van der Waals surface area contributed by atoms with Crippen molar-refractivity contribution in [1.29, 1.82) is 0 Å². The lowest BCUT2D eigenvalue weighted by molar-refractivity contribution is -0.104. The van der Waals surface area contributed by atoms with E-state index in [1.54, 1.807) is 13.2 Å². The molecule has 0 radical (unpaired) electrons. The van der Waals surface area contributed by atoms with Crippen LogP contribution in [0, 0.1) is 13.8 Å². The van der Waals surface area contributed by atoms with E-state index >= 15 is 0 Å². The van der Waals surface area contributed by atoms with E-state index in [-0.39, 0.29) is 0 Å². The van der Waals surface area contributed by atoms with Crippen LogP contribution >= 0.6 is 0 Å². The van der Waals surface area contributed by atoms with Crippen molar-refractivity contribution in [3.05, 3.63) is 34.9 Å². The average Bonchev–Trinajstić information content (AvgIpc) is 2.19. The molecule has 0 aromatic heterocycles. The molecule has 14 heavy (non-hydrogen) atoms. The van der Waals surface area contributed by atoms with E-state index < -0.39 is 0 Å². The Hall–Kier alpha value is -1.57. The Bertz CT molecular complexity index is 365. The van der Waals surface area contributed by atoms with Crippen LogP contribution in [0.15, 0.2) is 18.2 Å². The third-order valence-electron chi connectivity index (χ3n) is 2.20. The number of hydrogen-bond donors (Lipinski definition) is 0. The number of benzene rings is 1. The molecule has 1 aromatic carbocycles. The van der Waals surface area contributed by atoms with Gasteiger partial charge in [0.1, 0.15) is 12.0 Å². The molecule has 1 rings (SSSR count). The minimum absolute atomic E-state index is 0.759. The van der Waals surface area contributed by atoms with Crippen LogP contribution in [0.5, 0.6) is 5.75 Å². The van der Waals surface area contributed by atoms with Crippen molar-refractivity contribution in [2.75, 3.05) is 7.11 Å². The third kappa shape index (κ3) is 2.22. The summed E-state index contributed by atoms with van der Waals surface area (Å²) in [7, 11) is 1.63. The van der Waals surface area contributed by atoms with Gasteiger partial charge in [0.25, 0.3) is 0 Å². The van der Waals surface area contributed by atoms with Crippen LogP contribution in [0.3, 0.4) is 0 Å². The molecule has 0 N–H and O–H groups in total. The zero-order valence-corrected chi connectivity index (χ0v) is 8.70. The lowest BCUT2D eigenvalue weighted by atomic mass is 10.0. The molecule has 0 bridgehead atoms. The molecule has 0 atom stereocenters. The molecule has 0 spiro atoms. The molecule has 0 saturated carbocycles. The SMILES string of the molecule is COc1cc(C)c(C)cc1/C=C/C=O. The van der Waals surface area contributed by atoms with Crippen molar-refractivity contribution < 1.29 is 9.53 Å². The molecular formula is C12H14O2. The molecule has 0 fully saturated rings. The van der Waals surface area contributed by atoms with E-state index in [1.165, 1.54) is 17.2 Å². The number of carbonyl (C=O) groups is 1. The van der Waals surface area contributed by atoms with Crippen LogP contribution in [0.4, 0.5) is 0 Å². The van der Waals surface area contributed by atoms with Gasteiger partial charge in [0.15, 0.2) is 0 Å². The van der Waals surface area contributed by atoms with E-state index in [1.807, 2.05) is 26.0 Å². The average molecular weight is 190 g/mol. The number of carbonyl (C=O) groups excluding carboxylic acids is 1. The van der Waals surface area contributed by atoms with Crippen molar-refractivity contribution in [3.8, 4) is 5.75 Å². The monoisotopic (exact) mass is 190 g/mol. The minimum atomic E-state index is 0.759. The van der Waals surface area contributed by atoms with Gasteiger partial charge in [0.05, 0.1) is 7.11 Å². The van der Waals surface area contributed by atoms with E-state index in [4.69, 9.17) is 4.74 Å². The van der Waals surface area contributed by atoms with Crippen LogP contribution in [0.25, 0.3) is 6.08 Å². The fraction of sp³-hybridized carbons (Fsp3) is 0.250. The van der Waals surface area contributed by atoms with Crippen LogP contribution in [-0.2, 0) is 4.79 Å². The zero-order valence-electron chi connectivity index (χ0n) is 8.70. The first kappa shape index (κ1) is 10.5. The maximum atomic E-state index is 10.2. The van der Waals surface area contributed by atoms with Gasteiger partial charge >= 0.3 is 0 Å². The molecule has 2 heteroatoms. The molecule has 0 heterocycles. The van der Waals surface area contributed by atoms with Gasteiger partial charge in [-0.2, -0.15) is 0 Å². The number of aryl methyl sites for hydroxylation is 2. The van der Waals surface area contributed by atoms with E-state index in [2.05, 4.69) is 0 Å². The van der Waals surface area contributed by atoms with Gasteiger partial charge in [-0.05, 0) is 49.3 Å². The summed E-state index contributed by atoms with van der Waals surface area (Å²) in [6.07, 6.45) is 3.97. The van der Waals surface area contributed by atoms with Crippen LogP contribution in [0.2, 0.25) is 0 Å². The third-order valence-corrected chi connectivity index (χ3v) is 2.20. The topological polar surface area (TPSA) is 26.3 Å². The van der Waals surface area contributed by atoms with Gasteiger partial charge in [-0.3, -0.25) is 4.79 Å². The van der Waals surface area contributed by atoms with Crippen molar-refractivity contribution in [2.24, 2.45) is 0 Å². The van der Waals surface area contributed by atoms with Crippen molar-refractivity contribution in [3.63, 3.8) is 0 Å². The molecular weight excluding hydrogens is 176 g/mol. The Morgan fingerprint density at radius 3 is 2.43 bits per heavy atom. The van der Waals surface area contributed by atoms with Gasteiger partial charge in [-0.25, -0.2) is 0 Å². The maximum absolute atomic E-state index is 10.2. The summed E-state index contributed by atoms with van der Waals surface area (Å²) in [4.78, 5) is 10.2. The molecule has 74 valence electrons. The summed E-state index contributed by atoms with van der Waals surface area (Å²) < 4.78 is 5.21. The van der Waals surface area contributed by atoms with E-state index in [0.717, 1.165) is 17.6 Å². The smallest absolute Gasteiger partial charge is 0.142 e. The van der Waals surface area contributed by atoms with Gasteiger partial charge in [0.2, 0.25) is 0 Å².